The highest BCUT2D eigenvalue weighted by molar-refractivity contribution is 5.83. The van der Waals surface area contributed by atoms with Crippen molar-refractivity contribution in [1.29, 1.82) is 0 Å². The van der Waals surface area contributed by atoms with Gasteiger partial charge in [0.15, 0.2) is 0 Å². The van der Waals surface area contributed by atoms with Crippen molar-refractivity contribution in [2.24, 2.45) is 5.41 Å². The number of benzene rings is 1. The van der Waals surface area contributed by atoms with Crippen LogP contribution in [0.2, 0.25) is 0 Å². The number of methoxy groups -OCH3 is 1. The van der Waals surface area contributed by atoms with Crippen molar-refractivity contribution in [1.82, 2.24) is 5.32 Å². The van der Waals surface area contributed by atoms with E-state index in [4.69, 9.17) is 4.74 Å². The molecule has 1 aliphatic heterocycles. The molecule has 1 heterocycles. The zero-order valence-corrected chi connectivity index (χ0v) is 11.9. The molecule has 19 heavy (non-hydrogen) atoms. The second-order valence-corrected chi connectivity index (χ2v) is 5.38. The second kappa shape index (κ2) is 6.09. The lowest BCUT2D eigenvalue weighted by Crippen LogP contribution is -2.40. The third-order valence-electron chi connectivity index (χ3n) is 4.20. The molecule has 1 aromatic rings. The minimum atomic E-state index is -0.247. The van der Waals surface area contributed by atoms with Gasteiger partial charge in [0.2, 0.25) is 5.91 Å². The average molecular weight is 261 g/mol. The maximum atomic E-state index is 12.4. The zero-order valence-electron chi connectivity index (χ0n) is 11.9. The molecule has 1 aliphatic rings. The van der Waals surface area contributed by atoms with Crippen LogP contribution in [0.15, 0.2) is 24.3 Å². The first-order chi connectivity index (χ1) is 9.20. The predicted octanol–water partition coefficient (Wildman–Crippen LogP) is 2.93. The van der Waals surface area contributed by atoms with Gasteiger partial charge >= 0.3 is 0 Å². The lowest BCUT2D eigenvalue weighted by atomic mass is 9.75. The van der Waals surface area contributed by atoms with Crippen LogP contribution in [0.4, 0.5) is 0 Å². The third kappa shape index (κ3) is 3.09. The van der Waals surface area contributed by atoms with Gasteiger partial charge in [-0.05, 0) is 43.4 Å². The number of hydrogen-bond acceptors (Lipinski definition) is 2. The van der Waals surface area contributed by atoms with Gasteiger partial charge < -0.3 is 10.1 Å². The quantitative estimate of drug-likeness (QED) is 0.905. The highest BCUT2D eigenvalue weighted by Crippen LogP contribution is 2.35. The summed E-state index contributed by atoms with van der Waals surface area (Å²) in [6.45, 7) is 2.93. The van der Waals surface area contributed by atoms with E-state index in [1.807, 2.05) is 18.2 Å². The Labute approximate surface area is 115 Å². The van der Waals surface area contributed by atoms with E-state index in [1.54, 1.807) is 7.11 Å². The van der Waals surface area contributed by atoms with Crippen LogP contribution >= 0.6 is 0 Å². The molecule has 0 aromatic heterocycles. The molecule has 1 aromatic carbocycles. The summed E-state index contributed by atoms with van der Waals surface area (Å²) in [7, 11) is 1.67. The number of carbonyl (C=O) groups is 1. The maximum Gasteiger partial charge on any atom is 0.226 e. The van der Waals surface area contributed by atoms with E-state index in [2.05, 4.69) is 18.3 Å². The van der Waals surface area contributed by atoms with Gasteiger partial charge in [-0.3, -0.25) is 4.79 Å². The fourth-order valence-electron chi connectivity index (χ4n) is 2.90. The summed E-state index contributed by atoms with van der Waals surface area (Å²) >= 11 is 0. The molecule has 2 rings (SSSR count). The summed E-state index contributed by atoms with van der Waals surface area (Å²) in [4.78, 5) is 12.4. The van der Waals surface area contributed by atoms with Crippen LogP contribution in [0.3, 0.4) is 0 Å². The molecule has 3 nitrogen and oxygen atoms in total. The van der Waals surface area contributed by atoms with Crippen LogP contribution in [-0.4, -0.2) is 19.6 Å². The topological polar surface area (TPSA) is 38.3 Å². The van der Waals surface area contributed by atoms with Gasteiger partial charge in [0.1, 0.15) is 5.75 Å². The van der Waals surface area contributed by atoms with Crippen LogP contribution < -0.4 is 10.1 Å². The Morgan fingerprint density at radius 1 is 1.37 bits per heavy atom. The Hall–Kier alpha value is -1.51. The van der Waals surface area contributed by atoms with Gasteiger partial charge in [0.25, 0.3) is 0 Å². The standard InChI is InChI=1S/C16H23NO2/c1-3-16(9-4-5-10-17-15(16)18)12-13-7-6-8-14(11-13)19-2/h6-8,11H,3-5,9-10,12H2,1-2H3,(H,17,18)/t16-/m1/s1. The Morgan fingerprint density at radius 3 is 2.95 bits per heavy atom. The summed E-state index contributed by atoms with van der Waals surface area (Å²) in [5.41, 5.74) is 0.932. The summed E-state index contributed by atoms with van der Waals surface area (Å²) in [5.74, 6) is 1.08. The van der Waals surface area contributed by atoms with E-state index in [9.17, 15) is 4.79 Å². The molecule has 0 saturated carbocycles. The fourth-order valence-corrected chi connectivity index (χ4v) is 2.90. The monoisotopic (exact) mass is 261 g/mol. The van der Waals surface area contributed by atoms with Crippen LogP contribution in [0.5, 0.6) is 5.75 Å². The number of ether oxygens (including phenoxy) is 1. The van der Waals surface area contributed by atoms with Crippen LogP contribution in [0.25, 0.3) is 0 Å². The van der Waals surface area contributed by atoms with E-state index >= 15 is 0 Å². The Balaban J connectivity index is 2.23. The first kappa shape index (κ1) is 13.9. The van der Waals surface area contributed by atoms with Crippen molar-refractivity contribution in [2.45, 2.75) is 39.0 Å². The summed E-state index contributed by atoms with van der Waals surface area (Å²) in [6, 6.07) is 8.05. The number of nitrogens with one attached hydrogen (secondary N) is 1. The van der Waals surface area contributed by atoms with Crippen molar-refractivity contribution in [2.75, 3.05) is 13.7 Å². The van der Waals surface area contributed by atoms with Gasteiger partial charge in [0, 0.05) is 6.54 Å². The van der Waals surface area contributed by atoms with Crippen molar-refractivity contribution < 1.29 is 9.53 Å². The van der Waals surface area contributed by atoms with E-state index in [1.165, 1.54) is 5.56 Å². The minimum absolute atomic E-state index is 0.218. The van der Waals surface area contributed by atoms with Crippen molar-refractivity contribution >= 4 is 5.91 Å². The van der Waals surface area contributed by atoms with Crippen molar-refractivity contribution in [3.63, 3.8) is 0 Å². The highest BCUT2D eigenvalue weighted by atomic mass is 16.5. The Bertz CT molecular complexity index is 444. The van der Waals surface area contributed by atoms with Gasteiger partial charge in [-0.2, -0.15) is 0 Å². The smallest absolute Gasteiger partial charge is 0.226 e. The van der Waals surface area contributed by atoms with E-state index in [-0.39, 0.29) is 11.3 Å². The molecule has 1 amide bonds. The Kier molecular flexibility index (Phi) is 4.46. The van der Waals surface area contributed by atoms with Crippen LogP contribution in [0, 0.1) is 5.41 Å². The second-order valence-electron chi connectivity index (χ2n) is 5.38. The first-order valence-corrected chi connectivity index (χ1v) is 7.11. The van der Waals surface area contributed by atoms with E-state index < -0.39 is 0 Å². The first-order valence-electron chi connectivity index (χ1n) is 7.11. The van der Waals surface area contributed by atoms with Crippen molar-refractivity contribution in [3.05, 3.63) is 29.8 Å². The molecule has 0 aliphatic carbocycles. The molecular weight excluding hydrogens is 238 g/mol. The van der Waals surface area contributed by atoms with Crippen molar-refractivity contribution in [3.8, 4) is 5.75 Å². The van der Waals surface area contributed by atoms with Gasteiger partial charge in [0.05, 0.1) is 12.5 Å². The van der Waals surface area contributed by atoms with Gasteiger partial charge in [-0.25, -0.2) is 0 Å². The highest BCUT2D eigenvalue weighted by Gasteiger charge is 2.37. The largest absolute Gasteiger partial charge is 0.497 e. The summed E-state index contributed by atoms with van der Waals surface area (Å²) < 4.78 is 5.26. The molecular formula is C16H23NO2. The molecule has 3 heteroatoms. The number of hydrogen-bond donors (Lipinski definition) is 1. The lowest BCUT2D eigenvalue weighted by molar-refractivity contribution is -0.131. The molecule has 0 radical (unpaired) electrons. The molecule has 0 spiro atoms. The average Bonchev–Trinajstić information content (AvgIpc) is 2.62. The molecule has 0 bridgehead atoms. The Morgan fingerprint density at radius 2 is 2.21 bits per heavy atom. The van der Waals surface area contributed by atoms with E-state index in [0.717, 1.165) is 44.4 Å². The van der Waals surface area contributed by atoms with Gasteiger partial charge in [-0.15, -0.1) is 0 Å². The molecule has 1 N–H and O–H groups in total. The fraction of sp³-hybridized carbons (Fsp3) is 0.562. The van der Waals surface area contributed by atoms with E-state index in [0.29, 0.717) is 0 Å². The lowest BCUT2D eigenvalue weighted by Gasteiger charge is -2.29. The summed E-state index contributed by atoms with van der Waals surface area (Å²) in [5, 5.41) is 3.07. The third-order valence-corrected chi connectivity index (χ3v) is 4.20. The molecule has 104 valence electrons. The molecule has 1 saturated heterocycles. The predicted molar refractivity (Wildman–Crippen MR) is 76.3 cm³/mol. The normalized spacial score (nSPS) is 23.6. The number of amides is 1. The van der Waals surface area contributed by atoms with Crippen LogP contribution in [0.1, 0.15) is 38.2 Å². The van der Waals surface area contributed by atoms with Crippen LogP contribution in [-0.2, 0) is 11.2 Å². The molecule has 0 unspecified atom stereocenters. The maximum absolute atomic E-state index is 12.4. The van der Waals surface area contributed by atoms with Gasteiger partial charge in [-0.1, -0.05) is 25.5 Å². The minimum Gasteiger partial charge on any atom is -0.497 e. The zero-order chi connectivity index (χ0) is 13.7. The number of rotatable bonds is 4. The molecule has 1 atom stereocenters. The SMILES string of the molecule is CC[C@]1(Cc2cccc(OC)c2)CCCCNC1=O. The number of carbonyl (C=O) groups excluding carboxylic acids is 1. The summed E-state index contributed by atoms with van der Waals surface area (Å²) in [6.07, 6.45) is 4.87. The molecule has 1 fully saturated rings.